The molecule has 0 bridgehead atoms. The molecule has 0 aliphatic heterocycles. The van der Waals surface area contributed by atoms with E-state index in [0.717, 1.165) is 22.7 Å². The van der Waals surface area contributed by atoms with Crippen molar-refractivity contribution in [2.75, 3.05) is 4.90 Å². The van der Waals surface area contributed by atoms with Crippen molar-refractivity contribution in [3.63, 3.8) is 0 Å². The third-order valence-electron chi connectivity index (χ3n) is 10.2. The Hall–Kier alpha value is -5.94. The Morgan fingerprint density at radius 3 is 1.98 bits per heavy atom. The minimum atomic E-state index is 1.15. The monoisotopic (exact) mass is 672 g/mol. The van der Waals surface area contributed by atoms with Crippen LogP contribution in [0.5, 0.6) is 0 Å². The molecule has 3 aromatic heterocycles. The van der Waals surface area contributed by atoms with Gasteiger partial charge in [0.05, 0.1) is 16.7 Å². The summed E-state index contributed by atoms with van der Waals surface area (Å²) in [6.45, 7) is 0. The number of thiophene rings is 2. The fraction of sp³-hybridized carbons (Fsp3) is 0. The molecule has 50 heavy (non-hydrogen) atoms. The molecule has 8 aromatic carbocycles. The zero-order valence-electron chi connectivity index (χ0n) is 26.9. The van der Waals surface area contributed by atoms with Crippen molar-refractivity contribution in [2.24, 2.45) is 0 Å². The highest BCUT2D eigenvalue weighted by Gasteiger charge is 2.22. The summed E-state index contributed by atoms with van der Waals surface area (Å²) in [5, 5.41) is 10.3. The van der Waals surface area contributed by atoms with Crippen molar-refractivity contribution < 1.29 is 0 Å². The third-order valence-corrected chi connectivity index (χ3v) is 12.4. The quantitative estimate of drug-likeness (QED) is 0.181. The van der Waals surface area contributed by atoms with Gasteiger partial charge in [-0.05, 0) is 83.6 Å². The van der Waals surface area contributed by atoms with Crippen molar-refractivity contribution in [2.45, 2.75) is 0 Å². The minimum absolute atomic E-state index is 1.15. The molecule has 4 heteroatoms. The zero-order chi connectivity index (χ0) is 32.8. The van der Waals surface area contributed by atoms with Crippen LogP contribution < -0.4 is 4.90 Å². The van der Waals surface area contributed by atoms with Crippen molar-refractivity contribution in [1.29, 1.82) is 0 Å². The van der Waals surface area contributed by atoms with Crippen LogP contribution in [0.2, 0.25) is 0 Å². The molecule has 0 aliphatic rings. The first-order chi connectivity index (χ1) is 24.8. The number of rotatable bonds is 4. The number of aromatic nitrogens is 1. The molecular weight excluding hydrogens is 645 g/mol. The molecule has 0 unspecified atom stereocenters. The molecule has 11 aromatic rings. The van der Waals surface area contributed by atoms with Crippen LogP contribution in [0.4, 0.5) is 17.1 Å². The van der Waals surface area contributed by atoms with Gasteiger partial charge in [-0.25, -0.2) is 0 Å². The van der Waals surface area contributed by atoms with Crippen molar-refractivity contribution >= 4 is 113 Å². The van der Waals surface area contributed by atoms with E-state index in [1.807, 2.05) is 22.7 Å². The molecule has 0 saturated heterocycles. The lowest BCUT2D eigenvalue weighted by Crippen LogP contribution is -2.10. The van der Waals surface area contributed by atoms with E-state index >= 15 is 0 Å². The summed E-state index contributed by atoms with van der Waals surface area (Å²) < 4.78 is 7.64. The maximum Gasteiger partial charge on any atom is 0.0562 e. The van der Waals surface area contributed by atoms with E-state index in [0.29, 0.717) is 0 Å². The minimum Gasteiger partial charge on any atom is -0.310 e. The molecular formula is C46H28N2S2. The smallest absolute Gasteiger partial charge is 0.0562 e. The van der Waals surface area contributed by atoms with Gasteiger partial charge >= 0.3 is 0 Å². The summed E-state index contributed by atoms with van der Waals surface area (Å²) in [5.41, 5.74) is 7.02. The molecule has 0 N–H and O–H groups in total. The van der Waals surface area contributed by atoms with Gasteiger partial charge in [0, 0.05) is 68.2 Å². The summed E-state index contributed by atoms with van der Waals surface area (Å²) in [6.07, 6.45) is 0. The zero-order valence-corrected chi connectivity index (χ0v) is 28.5. The molecule has 234 valence electrons. The van der Waals surface area contributed by atoms with Gasteiger partial charge in [0.1, 0.15) is 0 Å². The van der Waals surface area contributed by atoms with Gasteiger partial charge in [-0.1, -0.05) is 97.1 Å². The summed E-state index contributed by atoms with van der Waals surface area (Å²) in [6, 6.07) is 62.4. The second kappa shape index (κ2) is 10.8. The lowest BCUT2D eigenvalue weighted by molar-refractivity contribution is 1.18. The predicted octanol–water partition coefficient (Wildman–Crippen LogP) is 14.1. The number of hydrogen-bond acceptors (Lipinski definition) is 3. The lowest BCUT2D eigenvalue weighted by Gasteiger charge is -2.27. The van der Waals surface area contributed by atoms with Crippen molar-refractivity contribution in [3.8, 4) is 5.69 Å². The highest BCUT2D eigenvalue weighted by molar-refractivity contribution is 7.26. The molecule has 0 aliphatic carbocycles. The first-order valence-corrected chi connectivity index (χ1v) is 18.6. The number of benzene rings is 8. The van der Waals surface area contributed by atoms with Crippen LogP contribution in [-0.2, 0) is 0 Å². The number of para-hydroxylation sites is 2. The summed E-state index contributed by atoms with van der Waals surface area (Å²) in [4.78, 5) is 2.48. The molecule has 0 amide bonds. The van der Waals surface area contributed by atoms with Gasteiger partial charge in [0.15, 0.2) is 0 Å². The number of hydrogen-bond donors (Lipinski definition) is 0. The Labute approximate surface area is 296 Å². The average Bonchev–Trinajstić information content (AvgIpc) is 3.85. The largest absolute Gasteiger partial charge is 0.310 e. The van der Waals surface area contributed by atoms with E-state index in [9.17, 15) is 0 Å². The van der Waals surface area contributed by atoms with E-state index in [2.05, 4.69) is 179 Å². The van der Waals surface area contributed by atoms with Crippen LogP contribution in [0.3, 0.4) is 0 Å². The normalized spacial score (nSPS) is 12.0. The maximum absolute atomic E-state index is 2.48. The van der Waals surface area contributed by atoms with Gasteiger partial charge in [-0.15, -0.1) is 22.7 Å². The van der Waals surface area contributed by atoms with Crippen LogP contribution in [0.15, 0.2) is 170 Å². The Balaban J connectivity index is 1.22. The second-order valence-electron chi connectivity index (χ2n) is 12.9. The lowest BCUT2D eigenvalue weighted by atomic mass is 10.0. The van der Waals surface area contributed by atoms with Gasteiger partial charge in [0.2, 0.25) is 0 Å². The SMILES string of the molecule is c1ccc(-n2c3ccccc3c3c(N(c4ccc5c(c4)sc4ccc6ccccc6c45)c4ccc5sc6ccccc6c5c4)cccc32)cc1. The number of anilines is 3. The average molecular weight is 673 g/mol. The Morgan fingerprint density at radius 1 is 0.380 bits per heavy atom. The molecule has 2 nitrogen and oxygen atoms in total. The highest BCUT2D eigenvalue weighted by Crippen LogP contribution is 2.47. The molecule has 0 spiro atoms. The van der Waals surface area contributed by atoms with Gasteiger partial charge in [-0.3, -0.25) is 0 Å². The highest BCUT2D eigenvalue weighted by atomic mass is 32.1. The topological polar surface area (TPSA) is 8.17 Å². The van der Waals surface area contributed by atoms with Gasteiger partial charge in [0.25, 0.3) is 0 Å². The van der Waals surface area contributed by atoms with Crippen LogP contribution in [0.25, 0.3) is 78.6 Å². The van der Waals surface area contributed by atoms with E-state index in [4.69, 9.17) is 0 Å². The van der Waals surface area contributed by atoms with Crippen molar-refractivity contribution in [1.82, 2.24) is 4.57 Å². The Morgan fingerprint density at radius 2 is 1.06 bits per heavy atom. The number of nitrogens with zero attached hydrogens (tertiary/aromatic N) is 2. The molecule has 11 rings (SSSR count). The van der Waals surface area contributed by atoms with E-state index < -0.39 is 0 Å². The summed E-state index contributed by atoms with van der Waals surface area (Å²) in [5.74, 6) is 0. The van der Waals surface area contributed by atoms with Crippen LogP contribution >= 0.6 is 22.7 Å². The molecule has 3 heterocycles. The van der Waals surface area contributed by atoms with Crippen LogP contribution in [0.1, 0.15) is 0 Å². The van der Waals surface area contributed by atoms with E-state index in [1.54, 1.807) is 0 Å². The van der Waals surface area contributed by atoms with Crippen LogP contribution in [0, 0.1) is 0 Å². The summed E-state index contributed by atoms with van der Waals surface area (Å²) in [7, 11) is 0. The first kappa shape index (κ1) is 28.0. The molecule has 0 saturated carbocycles. The van der Waals surface area contributed by atoms with Crippen molar-refractivity contribution in [3.05, 3.63) is 170 Å². The number of fused-ring (bicyclic) bond motifs is 11. The fourth-order valence-corrected chi connectivity index (χ4v) is 10.2. The van der Waals surface area contributed by atoms with E-state index in [-0.39, 0.29) is 0 Å². The third kappa shape index (κ3) is 4.07. The Kier molecular flexibility index (Phi) is 6.03. The maximum atomic E-state index is 2.48. The Bertz CT molecular complexity index is 3110. The van der Waals surface area contributed by atoms with Gasteiger partial charge < -0.3 is 9.47 Å². The molecule has 0 atom stereocenters. The standard InChI is InChI=1S/C46H28N2S2/c1-2-12-30(13-3-1)48-38-17-8-6-16-35(38)46-39(18-10-19-40(46)48)47(31-23-26-42-37(27-31)34-15-7-9-20-41(34)49-42)32-22-24-36-44(28-32)50-43-25-21-29-11-4-5-14-33(29)45(36)43/h1-28H. The van der Waals surface area contributed by atoms with Crippen LogP contribution in [-0.4, -0.2) is 4.57 Å². The molecule has 0 radical (unpaired) electrons. The molecule has 0 fully saturated rings. The van der Waals surface area contributed by atoms with Gasteiger partial charge in [-0.2, -0.15) is 0 Å². The summed E-state index contributed by atoms with van der Waals surface area (Å²) >= 11 is 3.75. The second-order valence-corrected chi connectivity index (χ2v) is 15.1. The first-order valence-electron chi connectivity index (χ1n) is 16.9. The van der Waals surface area contributed by atoms with E-state index in [1.165, 1.54) is 72.9 Å². The predicted molar refractivity (Wildman–Crippen MR) is 219 cm³/mol. The fourth-order valence-electron chi connectivity index (χ4n) is 8.00.